The summed E-state index contributed by atoms with van der Waals surface area (Å²) in [6.45, 7) is 8.31. The van der Waals surface area contributed by atoms with Crippen LogP contribution in [0.3, 0.4) is 0 Å². The zero-order chi connectivity index (χ0) is 11.8. The standard InChI is InChI=1S/C14H22N2S/c1-10-5-6-14(17-10)11(2)16-8-12-4-3-7-15-13(12)9-16/h5-6,11-13,15H,3-4,7-9H2,1-2H3/t11?,12-,13+/m0/s1. The minimum Gasteiger partial charge on any atom is -0.312 e. The summed E-state index contributed by atoms with van der Waals surface area (Å²) in [4.78, 5) is 5.63. The van der Waals surface area contributed by atoms with E-state index >= 15 is 0 Å². The lowest BCUT2D eigenvalue weighted by atomic mass is 9.94. The first-order chi connectivity index (χ1) is 8.24. The van der Waals surface area contributed by atoms with Gasteiger partial charge in [-0.3, -0.25) is 4.90 Å². The zero-order valence-corrected chi connectivity index (χ0v) is 11.6. The van der Waals surface area contributed by atoms with Crippen LogP contribution in [0.4, 0.5) is 0 Å². The summed E-state index contributed by atoms with van der Waals surface area (Å²) in [6.07, 6.45) is 2.78. The van der Waals surface area contributed by atoms with Gasteiger partial charge in [0.2, 0.25) is 0 Å². The first-order valence-electron chi connectivity index (χ1n) is 6.78. The summed E-state index contributed by atoms with van der Waals surface area (Å²) in [5.74, 6) is 0.896. The van der Waals surface area contributed by atoms with Gasteiger partial charge in [0.05, 0.1) is 0 Å². The molecule has 2 aliphatic heterocycles. The van der Waals surface area contributed by atoms with Crippen molar-refractivity contribution in [3.05, 3.63) is 21.9 Å². The summed E-state index contributed by atoms with van der Waals surface area (Å²) in [6, 6.07) is 5.91. The van der Waals surface area contributed by atoms with E-state index in [1.54, 1.807) is 0 Å². The van der Waals surface area contributed by atoms with Crippen LogP contribution >= 0.6 is 11.3 Å². The van der Waals surface area contributed by atoms with Crippen molar-refractivity contribution in [2.75, 3.05) is 19.6 Å². The molecule has 0 aliphatic carbocycles. The van der Waals surface area contributed by atoms with E-state index in [1.807, 2.05) is 11.3 Å². The van der Waals surface area contributed by atoms with E-state index in [0.717, 1.165) is 12.0 Å². The van der Waals surface area contributed by atoms with Crippen LogP contribution in [0.25, 0.3) is 0 Å². The lowest BCUT2D eigenvalue weighted by molar-refractivity contribution is 0.254. The first kappa shape index (κ1) is 11.7. The van der Waals surface area contributed by atoms with Gasteiger partial charge in [-0.15, -0.1) is 11.3 Å². The lowest BCUT2D eigenvalue weighted by Crippen LogP contribution is -2.40. The van der Waals surface area contributed by atoms with Crippen LogP contribution in [0.5, 0.6) is 0 Å². The molecule has 0 aromatic carbocycles. The van der Waals surface area contributed by atoms with Crippen molar-refractivity contribution in [3.8, 4) is 0 Å². The molecule has 0 radical (unpaired) electrons. The predicted octanol–water partition coefficient (Wildman–Crippen LogP) is 2.80. The van der Waals surface area contributed by atoms with Crippen molar-refractivity contribution < 1.29 is 0 Å². The minimum atomic E-state index is 0.598. The average molecular weight is 250 g/mol. The third kappa shape index (κ3) is 2.28. The molecule has 0 amide bonds. The maximum Gasteiger partial charge on any atom is 0.0414 e. The summed E-state index contributed by atoms with van der Waals surface area (Å²) in [5, 5.41) is 3.68. The monoisotopic (exact) mass is 250 g/mol. The molecule has 2 saturated heterocycles. The molecule has 1 N–H and O–H groups in total. The number of nitrogens with zero attached hydrogens (tertiary/aromatic N) is 1. The molecular formula is C14H22N2S. The van der Waals surface area contributed by atoms with Crippen LogP contribution in [0.1, 0.15) is 35.6 Å². The second-order valence-electron chi connectivity index (χ2n) is 5.54. The molecule has 3 heteroatoms. The van der Waals surface area contributed by atoms with Gasteiger partial charge in [0.15, 0.2) is 0 Å². The molecule has 3 atom stereocenters. The highest BCUT2D eigenvalue weighted by Gasteiger charge is 2.36. The Kier molecular flexibility index (Phi) is 3.24. The molecule has 0 spiro atoms. The predicted molar refractivity (Wildman–Crippen MR) is 73.6 cm³/mol. The van der Waals surface area contributed by atoms with Crippen molar-refractivity contribution in [2.45, 2.75) is 38.8 Å². The quantitative estimate of drug-likeness (QED) is 0.868. The third-order valence-electron chi connectivity index (χ3n) is 4.35. The number of thiophene rings is 1. The largest absolute Gasteiger partial charge is 0.312 e. The van der Waals surface area contributed by atoms with Crippen molar-refractivity contribution in [2.24, 2.45) is 5.92 Å². The Morgan fingerprint density at radius 3 is 3.00 bits per heavy atom. The smallest absolute Gasteiger partial charge is 0.0414 e. The number of nitrogens with one attached hydrogen (secondary N) is 1. The highest BCUT2D eigenvalue weighted by molar-refractivity contribution is 7.12. The second kappa shape index (κ2) is 4.71. The normalized spacial score (nSPS) is 31.4. The maximum atomic E-state index is 3.68. The molecule has 2 nitrogen and oxygen atoms in total. The molecule has 0 saturated carbocycles. The molecule has 0 bridgehead atoms. The van der Waals surface area contributed by atoms with Gasteiger partial charge in [-0.05, 0) is 51.3 Å². The number of likely N-dealkylation sites (tertiary alicyclic amines) is 1. The Morgan fingerprint density at radius 1 is 1.41 bits per heavy atom. The van der Waals surface area contributed by atoms with E-state index in [9.17, 15) is 0 Å². The van der Waals surface area contributed by atoms with E-state index in [1.165, 1.54) is 42.2 Å². The average Bonchev–Trinajstić information content (AvgIpc) is 2.93. The van der Waals surface area contributed by atoms with Crippen molar-refractivity contribution in [1.29, 1.82) is 0 Å². The van der Waals surface area contributed by atoms with Gasteiger partial charge < -0.3 is 5.32 Å². The highest BCUT2D eigenvalue weighted by Crippen LogP contribution is 2.33. The molecule has 94 valence electrons. The summed E-state index contributed by atoms with van der Waals surface area (Å²) in [5.41, 5.74) is 0. The topological polar surface area (TPSA) is 15.3 Å². The number of hydrogen-bond acceptors (Lipinski definition) is 3. The van der Waals surface area contributed by atoms with Gasteiger partial charge in [0.1, 0.15) is 0 Å². The van der Waals surface area contributed by atoms with E-state index in [0.29, 0.717) is 6.04 Å². The molecule has 3 heterocycles. The van der Waals surface area contributed by atoms with Gasteiger partial charge >= 0.3 is 0 Å². The third-order valence-corrected chi connectivity index (χ3v) is 5.52. The van der Waals surface area contributed by atoms with Crippen LogP contribution < -0.4 is 5.32 Å². The first-order valence-corrected chi connectivity index (χ1v) is 7.59. The van der Waals surface area contributed by atoms with Crippen molar-refractivity contribution in [3.63, 3.8) is 0 Å². The fraction of sp³-hybridized carbons (Fsp3) is 0.714. The molecule has 2 aliphatic rings. The number of aryl methyl sites for hydroxylation is 1. The van der Waals surface area contributed by atoms with E-state index in [4.69, 9.17) is 0 Å². The highest BCUT2D eigenvalue weighted by atomic mass is 32.1. The molecule has 1 aromatic rings. The number of piperidine rings is 1. The fourth-order valence-electron chi connectivity index (χ4n) is 3.25. The van der Waals surface area contributed by atoms with Gasteiger partial charge in [0.25, 0.3) is 0 Å². The Bertz CT molecular complexity index is 373. The van der Waals surface area contributed by atoms with Crippen molar-refractivity contribution >= 4 is 11.3 Å². The molecule has 17 heavy (non-hydrogen) atoms. The molecule has 2 fully saturated rings. The Morgan fingerprint density at radius 2 is 2.29 bits per heavy atom. The van der Waals surface area contributed by atoms with Crippen LogP contribution in [-0.2, 0) is 0 Å². The Labute approximate surface area is 108 Å². The molecule has 3 rings (SSSR count). The van der Waals surface area contributed by atoms with Crippen LogP contribution in [-0.4, -0.2) is 30.6 Å². The summed E-state index contributed by atoms with van der Waals surface area (Å²) in [7, 11) is 0. The lowest BCUT2D eigenvalue weighted by Gasteiger charge is -2.25. The number of hydrogen-bond donors (Lipinski definition) is 1. The van der Waals surface area contributed by atoms with Gasteiger partial charge in [-0.25, -0.2) is 0 Å². The van der Waals surface area contributed by atoms with Gasteiger partial charge in [-0.1, -0.05) is 0 Å². The van der Waals surface area contributed by atoms with E-state index in [-0.39, 0.29) is 0 Å². The van der Waals surface area contributed by atoms with E-state index < -0.39 is 0 Å². The summed E-state index contributed by atoms with van der Waals surface area (Å²) >= 11 is 1.95. The summed E-state index contributed by atoms with van der Waals surface area (Å²) < 4.78 is 0. The Hall–Kier alpha value is -0.380. The maximum absolute atomic E-state index is 3.68. The minimum absolute atomic E-state index is 0.598. The number of rotatable bonds is 2. The van der Waals surface area contributed by atoms with Crippen molar-refractivity contribution in [1.82, 2.24) is 10.2 Å². The Balaban J connectivity index is 1.69. The fourth-order valence-corrected chi connectivity index (χ4v) is 4.22. The molecule has 1 aromatic heterocycles. The molecular weight excluding hydrogens is 228 g/mol. The molecule has 1 unspecified atom stereocenters. The zero-order valence-electron chi connectivity index (χ0n) is 10.8. The van der Waals surface area contributed by atoms with Gasteiger partial charge in [-0.2, -0.15) is 0 Å². The number of fused-ring (bicyclic) bond motifs is 1. The van der Waals surface area contributed by atoms with E-state index in [2.05, 4.69) is 36.2 Å². The van der Waals surface area contributed by atoms with Crippen LogP contribution in [0.2, 0.25) is 0 Å². The van der Waals surface area contributed by atoms with Crippen LogP contribution in [0.15, 0.2) is 12.1 Å². The second-order valence-corrected chi connectivity index (χ2v) is 6.86. The van der Waals surface area contributed by atoms with Crippen LogP contribution in [0, 0.1) is 12.8 Å². The van der Waals surface area contributed by atoms with Gasteiger partial charge in [0, 0.05) is 34.9 Å². The SMILES string of the molecule is Cc1ccc(C(C)N2C[C@@H]3CCCN[C@@H]3C2)s1.